The van der Waals surface area contributed by atoms with Crippen LogP contribution in [0.25, 0.3) is 0 Å². The average molecular weight is 254 g/mol. The van der Waals surface area contributed by atoms with E-state index in [1.807, 2.05) is 6.92 Å². The van der Waals surface area contributed by atoms with Crippen LogP contribution in [-0.4, -0.2) is 48.3 Å². The number of ether oxygens (including phenoxy) is 1. The van der Waals surface area contributed by atoms with Crippen LogP contribution in [0.3, 0.4) is 0 Å². The first-order valence-corrected chi connectivity index (χ1v) is 5.46. The van der Waals surface area contributed by atoms with Gasteiger partial charge >= 0.3 is 6.18 Å². The van der Waals surface area contributed by atoms with Crippen molar-refractivity contribution in [1.82, 2.24) is 4.90 Å². The van der Waals surface area contributed by atoms with E-state index in [1.165, 1.54) is 0 Å². The number of rotatable bonds is 2. The van der Waals surface area contributed by atoms with Crippen molar-refractivity contribution in [1.29, 1.82) is 0 Å². The molecule has 0 spiro atoms. The van der Waals surface area contributed by atoms with Gasteiger partial charge in [-0.1, -0.05) is 6.92 Å². The van der Waals surface area contributed by atoms with Gasteiger partial charge in [-0.2, -0.15) is 13.2 Å². The molecule has 17 heavy (non-hydrogen) atoms. The first kappa shape index (κ1) is 14.2. The normalized spacial score (nSPS) is 25.5. The number of nitrogens with two attached hydrogens (primary N) is 1. The highest BCUT2D eigenvalue weighted by molar-refractivity contribution is 5.86. The molecule has 0 aromatic heterocycles. The number of nitrogens with zero attached hydrogens (tertiary/aromatic N) is 1. The minimum absolute atomic E-state index is 0.151. The van der Waals surface area contributed by atoms with Gasteiger partial charge in [-0.15, -0.1) is 0 Å². The lowest BCUT2D eigenvalue weighted by atomic mass is 10.0. The topological polar surface area (TPSA) is 55.6 Å². The predicted molar refractivity (Wildman–Crippen MR) is 55.3 cm³/mol. The second-order valence-corrected chi connectivity index (χ2v) is 4.35. The summed E-state index contributed by atoms with van der Waals surface area (Å²) in [5.41, 5.74) is 2.27. The Bertz CT molecular complexity index is 292. The second-order valence-electron chi connectivity index (χ2n) is 4.35. The van der Waals surface area contributed by atoms with E-state index in [4.69, 9.17) is 10.5 Å². The van der Waals surface area contributed by atoms with Gasteiger partial charge in [0.15, 0.2) is 5.54 Å². The lowest BCUT2D eigenvalue weighted by Gasteiger charge is -2.37. The predicted octanol–water partition coefficient (Wildman–Crippen LogP) is 0.904. The van der Waals surface area contributed by atoms with Crippen molar-refractivity contribution in [3.63, 3.8) is 0 Å². The lowest BCUT2D eigenvalue weighted by molar-refractivity contribution is -0.196. The van der Waals surface area contributed by atoms with Gasteiger partial charge in [0.05, 0.1) is 12.7 Å². The molecule has 1 fully saturated rings. The van der Waals surface area contributed by atoms with Crippen LogP contribution in [0.4, 0.5) is 13.2 Å². The van der Waals surface area contributed by atoms with Crippen LogP contribution in [0.1, 0.15) is 20.3 Å². The Labute approximate surface area is 97.9 Å². The summed E-state index contributed by atoms with van der Waals surface area (Å²) in [5, 5.41) is 0. The maximum Gasteiger partial charge on any atom is 0.415 e. The molecule has 1 amide bonds. The largest absolute Gasteiger partial charge is 0.415 e. The summed E-state index contributed by atoms with van der Waals surface area (Å²) in [6.45, 7) is 3.12. The standard InChI is InChI=1S/C10H17F3N2O2/c1-3-7-6-15(4-5-17-7)8(16)9(2,14)10(11,12)13/h7H,3-6,14H2,1-2H3. The van der Waals surface area contributed by atoms with Gasteiger partial charge in [0.25, 0.3) is 5.91 Å². The molecule has 1 saturated heterocycles. The van der Waals surface area contributed by atoms with Crippen LogP contribution in [0.2, 0.25) is 0 Å². The molecule has 7 heteroatoms. The summed E-state index contributed by atoms with van der Waals surface area (Å²) in [6.07, 6.45) is -4.31. The van der Waals surface area contributed by atoms with Gasteiger partial charge in [-0.05, 0) is 13.3 Å². The van der Waals surface area contributed by atoms with E-state index in [1.54, 1.807) is 0 Å². The van der Waals surface area contributed by atoms with Gasteiger partial charge in [0, 0.05) is 13.1 Å². The fourth-order valence-corrected chi connectivity index (χ4v) is 1.60. The zero-order valence-electron chi connectivity index (χ0n) is 9.88. The lowest BCUT2D eigenvalue weighted by Crippen LogP contribution is -2.64. The van der Waals surface area contributed by atoms with Crippen molar-refractivity contribution in [2.75, 3.05) is 19.7 Å². The van der Waals surface area contributed by atoms with Gasteiger partial charge in [0.2, 0.25) is 0 Å². The first-order chi connectivity index (χ1) is 7.70. The van der Waals surface area contributed by atoms with Crippen LogP contribution in [0.15, 0.2) is 0 Å². The third-order valence-corrected chi connectivity index (χ3v) is 2.91. The number of carbonyl (C=O) groups excluding carboxylic acids is 1. The van der Waals surface area contributed by atoms with Gasteiger partial charge in [0.1, 0.15) is 0 Å². The Morgan fingerprint density at radius 2 is 2.12 bits per heavy atom. The summed E-state index contributed by atoms with van der Waals surface area (Å²) in [6, 6.07) is 0. The Balaban J connectivity index is 2.76. The molecule has 2 atom stereocenters. The Kier molecular flexibility index (Phi) is 4.03. The number of hydrogen-bond acceptors (Lipinski definition) is 3. The molecule has 100 valence electrons. The fourth-order valence-electron chi connectivity index (χ4n) is 1.60. The van der Waals surface area contributed by atoms with E-state index in [0.717, 1.165) is 4.90 Å². The molecule has 0 radical (unpaired) electrons. The third-order valence-electron chi connectivity index (χ3n) is 2.91. The Morgan fingerprint density at radius 1 is 1.53 bits per heavy atom. The molecule has 1 rings (SSSR count). The number of morpholine rings is 1. The number of halogens is 3. The Hall–Kier alpha value is -0.820. The molecule has 2 N–H and O–H groups in total. The van der Waals surface area contributed by atoms with E-state index >= 15 is 0 Å². The zero-order valence-corrected chi connectivity index (χ0v) is 9.88. The Morgan fingerprint density at radius 3 is 2.59 bits per heavy atom. The van der Waals surface area contributed by atoms with E-state index < -0.39 is 17.6 Å². The van der Waals surface area contributed by atoms with Crippen molar-refractivity contribution in [3.8, 4) is 0 Å². The van der Waals surface area contributed by atoms with E-state index in [0.29, 0.717) is 13.3 Å². The minimum atomic E-state index is -4.75. The quantitative estimate of drug-likeness (QED) is 0.796. The van der Waals surface area contributed by atoms with Crippen LogP contribution in [-0.2, 0) is 9.53 Å². The first-order valence-electron chi connectivity index (χ1n) is 5.46. The maximum atomic E-state index is 12.6. The smallest absolute Gasteiger partial charge is 0.375 e. The third kappa shape index (κ3) is 2.90. The molecule has 1 aliphatic heterocycles. The number of hydrogen-bond donors (Lipinski definition) is 1. The molecule has 0 aliphatic carbocycles. The van der Waals surface area contributed by atoms with Crippen LogP contribution >= 0.6 is 0 Å². The molecule has 1 heterocycles. The summed E-state index contributed by atoms with van der Waals surface area (Å²) >= 11 is 0. The molecular weight excluding hydrogens is 237 g/mol. The zero-order chi connectivity index (χ0) is 13.3. The van der Waals surface area contributed by atoms with Crippen molar-refractivity contribution >= 4 is 5.91 Å². The molecular formula is C10H17F3N2O2. The highest BCUT2D eigenvalue weighted by Crippen LogP contribution is 2.30. The molecule has 0 aromatic carbocycles. The molecule has 0 aromatic rings. The maximum absolute atomic E-state index is 12.6. The molecule has 0 saturated carbocycles. The number of alkyl halides is 3. The summed E-state index contributed by atoms with van der Waals surface area (Å²) in [7, 11) is 0. The molecule has 2 unspecified atom stereocenters. The van der Waals surface area contributed by atoms with Crippen LogP contribution in [0.5, 0.6) is 0 Å². The summed E-state index contributed by atoms with van der Waals surface area (Å²) < 4.78 is 43.1. The monoisotopic (exact) mass is 254 g/mol. The van der Waals surface area contributed by atoms with Crippen molar-refractivity contribution in [2.45, 2.75) is 38.1 Å². The highest BCUT2D eigenvalue weighted by atomic mass is 19.4. The van der Waals surface area contributed by atoms with Crippen LogP contribution in [0, 0.1) is 0 Å². The minimum Gasteiger partial charge on any atom is -0.375 e. The van der Waals surface area contributed by atoms with Crippen molar-refractivity contribution in [3.05, 3.63) is 0 Å². The highest BCUT2D eigenvalue weighted by Gasteiger charge is 2.55. The summed E-state index contributed by atoms with van der Waals surface area (Å²) in [4.78, 5) is 12.9. The number of amides is 1. The SMILES string of the molecule is CCC1CN(C(=O)C(C)(N)C(F)(F)F)CCO1. The fraction of sp³-hybridized carbons (Fsp3) is 0.900. The molecule has 0 bridgehead atoms. The molecule has 1 aliphatic rings. The van der Waals surface area contributed by atoms with E-state index in [-0.39, 0.29) is 25.8 Å². The molecule has 4 nitrogen and oxygen atoms in total. The van der Waals surface area contributed by atoms with Crippen molar-refractivity contribution in [2.24, 2.45) is 5.73 Å². The second kappa shape index (κ2) is 4.81. The van der Waals surface area contributed by atoms with Crippen LogP contribution < -0.4 is 5.73 Å². The van der Waals surface area contributed by atoms with E-state index in [2.05, 4.69) is 0 Å². The van der Waals surface area contributed by atoms with Gasteiger partial charge in [-0.3, -0.25) is 4.79 Å². The van der Waals surface area contributed by atoms with Gasteiger partial charge < -0.3 is 15.4 Å². The average Bonchev–Trinajstić information content (AvgIpc) is 2.26. The summed E-state index contributed by atoms with van der Waals surface area (Å²) in [5.74, 6) is -1.09. The van der Waals surface area contributed by atoms with Crippen molar-refractivity contribution < 1.29 is 22.7 Å². The van der Waals surface area contributed by atoms with E-state index in [9.17, 15) is 18.0 Å². The van der Waals surface area contributed by atoms with Gasteiger partial charge in [-0.25, -0.2) is 0 Å². The number of carbonyl (C=O) groups is 1.